The standard InChI is InChI=1S/C24H24Cl2N6O3/c1-13-6-15(29-19(33)8-25)7-17(26)20(13)16-10-27-11-18-21(16)22(14-9-28-31(5)12-14)30-32(18)23(34)35-24(2,3)4/h6-7,9-12H,8H2,1-5H3,(H,29,33). The van der Waals surface area contributed by atoms with Crippen LogP contribution in [0.4, 0.5) is 10.5 Å². The van der Waals surface area contributed by atoms with Gasteiger partial charge in [-0.15, -0.1) is 11.6 Å². The molecular weight excluding hydrogens is 491 g/mol. The molecule has 3 heterocycles. The monoisotopic (exact) mass is 514 g/mol. The molecule has 0 spiro atoms. The molecule has 1 aromatic carbocycles. The average molecular weight is 515 g/mol. The summed E-state index contributed by atoms with van der Waals surface area (Å²) in [5.74, 6) is -0.504. The van der Waals surface area contributed by atoms with Crippen molar-refractivity contribution in [2.45, 2.75) is 33.3 Å². The van der Waals surface area contributed by atoms with Gasteiger partial charge in [0.05, 0.1) is 17.4 Å². The molecule has 4 aromatic rings. The van der Waals surface area contributed by atoms with Crippen LogP contribution < -0.4 is 5.32 Å². The predicted molar refractivity (Wildman–Crippen MR) is 136 cm³/mol. The molecule has 1 amide bonds. The molecule has 0 fully saturated rings. The molecule has 9 nitrogen and oxygen atoms in total. The van der Waals surface area contributed by atoms with E-state index in [1.54, 1.807) is 63.2 Å². The molecule has 0 bridgehead atoms. The van der Waals surface area contributed by atoms with Gasteiger partial charge in [0.15, 0.2) is 0 Å². The number of amides is 1. The normalized spacial score (nSPS) is 11.6. The van der Waals surface area contributed by atoms with Crippen LogP contribution >= 0.6 is 23.2 Å². The highest BCUT2D eigenvalue weighted by atomic mass is 35.5. The SMILES string of the molecule is Cc1cc(NC(=O)CCl)cc(Cl)c1-c1cncc2c1c(-c1cnn(C)c1)nn2C(=O)OC(C)(C)C. The summed E-state index contributed by atoms with van der Waals surface area (Å²) in [6, 6.07) is 3.45. The van der Waals surface area contributed by atoms with Crippen LogP contribution in [0.1, 0.15) is 26.3 Å². The van der Waals surface area contributed by atoms with Crippen LogP contribution in [0.15, 0.2) is 36.9 Å². The van der Waals surface area contributed by atoms with Crippen molar-refractivity contribution in [3.63, 3.8) is 0 Å². The Labute approximate surface area is 212 Å². The maximum Gasteiger partial charge on any atom is 0.435 e. The lowest BCUT2D eigenvalue weighted by atomic mass is 9.96. The average Bonchev–Trinajstić information content (AvgIpc) is 3.36. The molecule has 0 atom stereocenters. The molecule has 0 aliphatic carbocycles. The van der Waals surface area contributed by atoms with E-state index in [0.717, 1.165) is 5.56 Å². The molecular formula is C24H24Cl2N6O3. The number of nitrogens with zero attached hydrogens (tertiary/aromatic N) is 5. The van der Waals surface area contributed by atoms with E-state index in [-0.39, 0.29) is 11.8 Å². The van der Waals surface area contributed by atoms with E-state index in [1.807, 2.05) is 13.1 Å². The highest BCUT2D eigenvalue weighted by Crippen LogP contribution is 2.41. The van der Waals surface area contributed by atoms with Gasteiger partial charge in [0.2, 0.25) is 5.91 Å². The number of benzene rings is 1. The van der Waals surface area contributed by atoms with Gasteiger partial charge in [0, 0.05) is 47.2 Å². The van der Waals surface area contributed by atoms with Crippen molar-refractivity contribution in [2.75, 3.05) is 11.2 Å². The second-order valence-corrected chi connectivity index (χ2v) is 9.73. The Bertz CT molecular complexity index is 1430. The van der Waals surface area contributed by atoms with E-state index in [4.69, 9.17) is 27.9 Å². The number of ether oxygens (including phenoxy) is 1. The summed E-state index contributed by atoms with van der Waals surface area (Å²) in [7, 11) is 1.80. The number of carbonyl (C=O) groups is 2. The molecule has 0 aliphatic rings. The number of fused-ring (bicyclic) bond motifs is 1. The third-order valence-corrected chi connectivity index (χ3v) is 5.64. The number of nitrogens with one attached hydrogen (secondary N) is 1. The topological polar surface area (TPSA) is 104 Å². The lowest BCUT2D eigenvalue weighted by Crippen LogP contribution is -2.27. The molecule has 35 heavy (non-hydrogen) atoms. The van der Waals surface area contributed by atoms with Gasteiger partial charge in [-0.2, -0.15) is 14.9 Å². The van der Waals surface area contributed by atoms with Crippen LogP contribution in [-0.4, -0.2) is 48.0 Å². The molecule has 1 N–H and O–H groups in total. The third kappa shape index (κ3) is 5.01. The lowest BCUT2D eigenvalue weighted by Gasteiger charge is -2.19. The first-order valence-corrected chi connectivity index (χ1v) is 11.6. The summed E-state index contributed by atoms with van der Waals surface area (Å²) in [4.78, 5) is 29.2. The van der Waals surface area contributed by atoms with Crippen molar-refractivity contribution >= 4 is 51.8 Å². The lowest BCUT2D eigenvalue weighted by molar-refractivity contribution is -0.113. The van der Waals surface area contributed by atoms with Gasteiger partial charge in [0.25, 0.3) is 0 Å². The molecule has 182 valence electrons. The van der Waals surface area contributed by atoms with Crippen LogP contribution in [0, 0.1) is 6.92 Å². The number of hydrogen-bond donors (Lipinski definition) is 1. The van der Waals surface area contributed by atoms with E-state index in [2.05, 4.69) is 20.5 Å². The number of aryl methyl sites for hydroxylation is 2. The third-order valence-electron chi connectivity index (χ3n) is 5.10. The van der Waals surface area contributed by atoms with Gasteiger partial charge in [-0.05, 0) is 45.4 Å². The zero-order chi connectivity index (χ0) is 25.5. The maximum atomic E-state index is 13.0. The summed E-state index contributed by atoms with van der Waals surface area (Å²) < 4.78 is 8.44. The van der Waals surface area contributed by atoms with Gasteiger partial charge in [-0.25, -0.2) is 4.79 Å². The number of rotatable bonds is 4. The molecule has 11 heteroatoms. The minimum Gasteiger partial charge on any atom is -0.442 e. The minimum absolute atomic E-state index is 0.167. The predicted octanol–water partition coefficient (Wildman–Crippen LogP) is 5.42. The van der Waals surface area contributed by atoms with Gasteiger partial charge >= 0.3 is 6.09 Å². The summed E-state index contributed by atoms with van der Waals surface area (Å²) in [6.45, 7) is 7.24. The zero-order valence-corrected chi connectivity index (χ0v) is 21.4. The smallest absolute Gasteiger partial charge is 0.435 e. The van der Waals surface area contributed by atoms with E-state index >= 15 is 0 Å². The first-order chi connectivity index (χ1) is 16.5. The van der Waals surface area contributed by atoms with Crippen LogP contribution in [0.2, 0.25) is 5.02 Å². The van der Waals surface area contributed by atoms with Crippen molar-refractivity contribution in [3.8, 4) is 22.4 Å². The second kappa shape index (κ2) is 9.31. The largest absolute Gasteiger partial charge is 0.442 e. The zero-order valence-electron chi connectivity index (χ0n) is 19.9. The Kier molecular flexibility index (Phi) is 6.57. The number of halogens is 2. The summed E-state index contributed by atoms with van der Waals surface area (Å²) in [6.07, 6.45) is 6.09. The molecule has 3 aromatic heterocycles. The fourth-order valence-corrected chi connectivity index (χ4v) is 4.23. The summed E-state index contributed by atoms with van der Waals surface area (Å²) in [5, 5.41) is 12.6. The number of pyridine rings is 1. The highest BCUT2D eigenvalue weighted by Gasteiger charge is 2.26. The van der Waals surface area contributed by atoms with Crippen molar-refractivity contribution in [1.29, 1.82) is 0 Å². The molecule has 0 saturated heterocycles. The number of aromatic nitrogens is 5. The number of alkyl halides is 1. The fourth-order valence-electron chi connectivity index (χ4n) is 3.79. The van der Waals surface area contributed by atoms with Gasteiger partial charge in [-0.1, -0.05) is 11.6 Å². The van der Waals surface area contributed by atoms with Crippen molar-refractivity contribution < 1.29 is 14.3 Å². The quantitative estimate of drug-likeness (QED) is 0.364. The second-order valence-electron chi connectivity index (χ2n) is 9.06. The Morgan fingerprint density at radius 2 is 1.91 bits per heavy atom. The van der Waals surface area contributed by atoms with Crippen molar-refractivity contribution in [1.82, 2.24) is 24.5 Å². The van der Waals surface area contributed by atoms with Crippen molar-refractivity contribution in [2.24, 2.45) is 7.05 Å². The van der Waals surface area contributed by atoms with Crippen molar-refractivity contribution in [3.05, 3.63) is 47.5 Å². The van der Waals surface area contributed by atoms with Crippen LogP contribution in [-0.2, 0) is 16.6 Å². The molecule has 4 rings (SSSR count). The molecule has 0 saturated carbocycles. The maximum absolute atomic E-state index is 13.0. The Morgan fingerprint density at radius 1 is 1.17 bits per heavy atom. The van der Waals surface area contributed by atoms with E-state index in [9.17, 15) is 9.59 Å². The molecule has 0 aliphatic heterocycles. The van der Waals surface area contributed by atoms with Gasteiger partial charge in [-0.3, -0.25) is 14.5 Å². The number of anilines is 1. The van der Waals surface area contributed by atoms with Crippen LogP contribution in [0.25, 0.3) is 33.3 Å². The summed E-state index contributed by atoms with van der Waals surface area (Å²) in [5.41, 5.74) is 3.69. The Balaban J connectivity index is 1.97. The highest BCUT2D eigenvalue weighted by molar-refractivity contribution is 6.34. The molecule has 0 unspecified atom stereocenters. The van der Waals surface area contributed by atoms with E-state index in [1.165, 1.54) is 4.68 Å². The Morgan fingerprint density at radius 3 is 2.51 bits per heavy atom. The fraction of sp³-hybridized carbons (Fsp3) is 0.292. The first-order valence-electron chi connectivity index (χ1n) is 10.7. The van der Waals surface area contributed by atoms with Gasteiger partial charge in [0.1, 0.15) is 22.7 Å². The first kappa shape index (κ1) is 24.7. The van der Waals surface area contributed by atoms with Crippen LogP contribution in [0.5, 0.6) is 0 Å². The minimum atomic E-state index is -0.710. The number of hydrogen-bond acceptors (Lipinski definition) is 6. The summed E-state index contributed by atoms with van der Waals surface area (Å²) >= 11 is 12.3. The van der Waals surface area contributed by atoms with E-state index in [0.29, 0.717) is 44.0 Å². The number of carbonyl (C=O) groups excluding carboxylic acids is 2. The van der Waals surface area contributed by atoms with Gasteiger partial charge < -0.3 is 10.1 Å². The van der Waals surface area contributed by atoms with E-state index < -0.39 is 11.7 Å². The Hall–Kier alpha value is -3.43. The van der Waals surface area contributed by atoms with Crippen LogP contribution in [0.3, 0.4) is 0 Å². The molecule has 0 radical (unpaired) electrons.